The number of nitrogens with two attached hydrogens (primary N) is 1. The molecule has 2 aromatic rings. The van der Waals surface area contributed by atoms with Crippen molar-refractivity contribution in [1.29, 1.82) is 0 Å². The smallest absolute Gasteiger partial charge is 0.265 e. The second kappa shape index (κ2) is 5.09. The fourth-order valence-electron chi connectivity index (χ4n) is 1.61. The molecule has 0 aliphatic heterocycles. The Hall–Kier alpha value is -2.15. The van der Waals surface area contributed by atoms with E-state index in [2.05, 4.69) is 4.72 Å². The third-order valence-corrected chi connectivity index (χ3v) is 3.99. The maximum Gasteiger partial charge on any atom is 0.265 e. The number of rotatable bonds is 3. The molecule has 0 saturated carbocycles. The van der Waals surface area contributed by atoms with Crippen LogP contribution in [0, 0.1) is 18.6 Å². The van der Waals surface area contributed by atoms with Crippen molar-refractivity contribution in [2.45, 2.75) is 11.8 Å². The highest BCUT2D eigenvalue weighted by Crippen LogP contribution is 2.23. The predicted molar refractivity (Wildman–Crippen MR) is 72.8 cm³/mol. The van der Waals surface area contributed by atoms with E-state index in [-0.39, 0.29) is 11.4 Å². The highest BCUT2D eigenvalue weighted by molar-refractivity contribution is 7.92. The lowest BCUT2D eigenvalue weighted by atomic mass is 10.2. The normalized spacial score (nSPS) is 11.3. The zero-order valence-electron chi connectivity index (χ0n) is 10.5. The summed E-state index contributed by atoms with van der Waals surface area (Å²) in [7, 11) is -4.25. The highest BCUT2D eigenvalue weighted by Gasteiger charge is 2.22. The number of anilines is 2. The van der Waals surface area contributed by atoms with Crippen LogP contribution in [0.3, 0.4) is 0 Å². The fourth-order valence-corrected chi connectivity index (χ4v) is 2.79. The van der Waals surface area contributed by atoms with Crippen LogP contribution >= 0.6 is 0 Å². The summed E-state index contributed by atoms with van der Waals surface area (Å²) >= 11 is 0. The van der Waals surface area contributed by atoms with Gasteiger partial charge in [-0.1, -0.05) is 17.7 Å². The van der Waals surface area contributed by atoms with Crippen molar-refractivity contribution in [2.75, 3.05) is 10.5 Å². The van der Waals surface area contributed by atoms with E-state index in [4.69, 9.17) is 5.73 Å². The van der Waals surface area contributed by atoms with Crippen LogP contribution in [0.5, 0.6) is 0 Å². The van der Waals surface area contributed by atoms with Gasteiger partial charge >= 0.3 is 0 Å². The van der Waals surface area contributed by atoms with Gasteiger partial charge in [-0.15, -0.1) is 0 Å². The van der Waals surface area contributed by atoms with E-state index in [1.54, 1.807) is 12.1 Å². The Balaban J connectivity index is 2.43. The van der Waals surface area contributed by atoms with Crippen LogP contribution in [-0.4, -0.2) is 8.42 Å². The first kappa shape index (κ1) is 14.3. The molecule has 0 aliphatic carbocycles. The van der Waals surface area contributed by atoms with Crippen molar-refractivity contribution in [1.82, 2.24) is 0 Å². The molecule has 3 N–H and O–H groups in total. The quantitative estimate of drug-likeness (QED) is 0.856. The first-order valence-electron chi connectivity index (χ1n) is 5.63. The van der Waals surface area contributed by atoms with Crippen molar-refractivity contribution in [3.05, 3.63) is 53.6 Å². The molecule has 0 fully saturated rings. The number of aryl methyl sites for hydroxylation is 1. The van der Waals surface area contributed by atoms with Gasteiger partial charge in [0.1, 0.15) is 4.90 Å². The molecular weight excluding hydrogens is 286 g/mol. The van der Waals surface area contributed by atoms with E-state index in [1.165, 1.54) is 12.1 Å². The van der Waals surface area contributed by atoms with Crippen molar-refractivity contribution < 1.29 is 17.2 Å². The lowest BCUT2D eigenvalue weighted by molar-refractivity contribution is 0.486. The summed E-state index contributed by atoms with van der Waals surface area (Å²) in [5.74, 6) is -2.77. The molecule has 106 valence electrons. The van der Waals surface area contributed by atoms with Crippen LogP contribution in [0.2, 0.25) is 0 Å². The fraction of sp³-hybridized carbons (Fsp3) is 0.0769. The Morgan fingerprint density at radius 2 is 1.70 bits per heavy atom. The molecule has 4 nitrogen and oxygen atoms in total. The highest BCUT2D eigenvalue weighted by atomic mass is 32.2. The number of halogens is 2. The predicted octanol–water partition coefficient (Wildman–Crippen LogP) is 2.66. The Kier molecular flexibility index (Phi) is 3.63. The topological polar surface area (TPSA) is 72.2 Å². The Morgan fingerprint density at radius 1 is 1.10 bits per heavy atom. The van der Waals surface area contributed by atoms with Gasteiger partial charge in [0.25, 0.3) is 10.0 Å². The lowest BCUT2D eigenvalue weighted by Crippen LogP contribution is -2.15. The van der Waals surface area contributed by atoms with Gasteiger partial charge in [0, 0.05) is 11.4 Å². The van der Waals surface area contributed by atoms with E-state index in [1.807, 2.05) is 6.92 Å². The standard InChI is InChI=1S/C13H12F2N2O2S/c1-8-2-4-10(5-3-8)17-20(18,19)12-7-9(16)6-11(14)13(12)15/h2-7,17H,16H2,1H3. The van der Waals surface area contributed by atoms with Gasteiger partial charge < -0.3 is 5.73 Å². The van der Waals surface area contributed by atoms with E-state index < -0.39 is 26.6 Å². The first-order valence-corrected chi connectivity index (χ1v) is 7.12. The van der Waals surface area contributed by atoms with Gasteiger partial charge in [-0.05, 0) is 31.2 Å². The minimum atomic E-state index is -4.25. The summed E-state index contributed by atoms with van der Waals surface area (Å²) in [6.07, 6.45) is 0. The second-order valence-electron chi connectivity index (χ2n) is 4.29. The molecule has 0 saturated heterocycles. The van der Waals surface area contributed by atoms with E-state index in [0.29, 0.717) is 0 Å². The number of hydrogen-bond acceptors (Lipinski definition) is 3. The third-order valence-electron chi connectivity index (χ3n) is 2.61. The van der Waals surface area contributed by atoms with Gasteiger partial charge in [-0.2, -0.15) is 0 Å². The third kappa shape index (κ3) is 2.88. The van der Waals surface area contributed by atoms with Crippen molar-refractivity contribution in [3.63, 3.8) is 0 Å². The molecule has 0 spiro atoms. The molecular formula is C13H12F2N2O2S. The zero-order chi connectivity index (χ0) is 14.9. The van der Waals surface area contributed by atoms with Gasteiger partial charge in [0.2, 0.25) is 0 Å². The molecule has 0 amide bonds. The molecule has 7 heteroatoms. The van der Waals surface area contributed by atoms with Crippen LogP contribution in [-0.2, 0) is 10.0 Å². The SMILES string of the molecule is Cc1ccc(NS(=O)(=O)c2cc(N)cc(F)c2F)cc1. The minimum Gasteiger partial charge on any atom is -0.399 e. The van der Waals surface area contributed by atoms with Crippen molar-refractivity contribution in [3.8, 4) is 0 Å². The second-order valence-corrected chi connectivity index (χ2v) is 5.94. The minimum absolute atomic E-state index is 0.173. The van der Waals surface area contributed by atoms with Crippen LogP contribution < -0.4 is 10.5 Å². The number of benzene rings is 2. The van der Waals surface area contributed by atoms with Crippen LogP contribution in [0.4, 0.5) is 20.2 Å². The van der Waals surface area contributed by atoms with E-state index >= 15 is 0 Å². The molecule has 20 heavy (non-hydrogen) atoms. The molecule has 2 aromatic carbocycles. The van der Waals surface area contributed by atoms with Gasteiger partial charge in [0.15, 0.2) is 11.6 Å². The van der Waals surface area contributed by atoms with Crippen molar-refractivity contribution in [2.24, 2.45) is 0 Å². The molecule has 0 unspecified atom stereocenters. The Bertz CT molecular complexity index is 744. The van der Waals surface area contributed by atoms with Crippen LogP contribution in [0.1, 0.15) is 5.56 Å². The van der Waals surface area contributed by atoms with E-state index in [9.17, 15) is 17.2 Å². The number of sulfonamides is 1. The molecule has 0 heterocycles. The molecule has 0 radical (unpaired) electrons. The van der Waals surface area contributed by atoms with Crippen molar-refractivity contribution >= 4 is 21.4 Å². The number of hydrogen-bond donors (Lipinski definition) is 2. The van der Waals surface area contributed by atoms with Crippen LogP contribution in [0.15, 0.2) is 41.3 Å². The summed E-state index contributed by atoms with van der Waals surface area (Å²) in [6.45, 7) is 1.84. The first-order chi connectivity index (χ1) is 9.29. The average Bonchev–Trinajstić information content (AvgIpc) is 2.36. The summed E-state index contributed by atoms with van der Waals surface area (Å²) in [5.41, 5.74) is 6.35. The average molecular weight is 298 g/mol. The monoisotopic (exact) mass is 298 g/mol. The number of nitrogen functional groups attached to an aromatic ring is 1. The van der Waals surface area contributed by atoms with Crippen LogP contribution in [0.25, 0.3) is 0 Å². The molecule has 0 aromatic heterocycles. The summed E-state index contributed by atoms with van der Waals surface area (Å²) in [5, 5.41) is 0. The molecule has 0 atom stereocenters. The molecule has 0 aliphatic rings. The summed E-state index contributed by atoms with van der Waals surface area (Å²) in [4.78, 5) is -0.824. The maximum atomic E-state index is 13.6. The van der Waals surface area contributed by atoms with Gasteiger partial charge in [-0.25, -0.2) is 17.2 Å². The maximum absolute atomic E-state index is 13.6. The molecule has 2 rings (SSSR count). The van der Waals surface area contributed by atoms with Gasteiger partial charge in [-0.3, -0.25) is 4.72 Å². The Morgan fingerprint density at radius 3 is 2.30 bits per heavy atom. The van der Waals surface area contributed by atoms with Gasteiger partial charge in [0.05, 0.1) is 0 Å². The largest absolute Gasteiger partial charge is 0.399 e. The summed E-state index contributed by atoms with van der Waals surface area (Å²) < 4.78 is 53.1. The summed E-state index contributed by atoms with van der Waals surface area (Å²) in [6, 6.07) is 8.01. The molecule has 0 bridgehead atoms. The number of nitrogens with one attached hydrogen (secondary N) is 1. The Labute approximate surface area is 115 Å². The lowest BCUT2D eigenvalue weighted by Gasteiger charge is -2.10. The van der Waals surface area contributed by atoms with E-state index in [0.717, 1.165) is 17.7 Å². The zero-order valence-corrected chi connectivity index (χ0v) is 11.3.